The van der Waals surface area contributed by atoms with Crippen molar-refractivity contribution in [2.45, 2.75) is 14.9 Å². The van der Waals surface area contributed by atoms with Gasteiger partial charge in [-0.2, -0.15) is 0 Å². The molecule has 0 aromatic heterocycles. The van der Waals surface area contributed by atoms with E-state index in [1.54, 1.807) is 0 Å². The van der Waals surface area contributed by atoms with Gasteiger partial charge in [0.2, 0.25) is 0 Å². The van der Waals surface area contributed by atoms with Gasteiger partial charge in [-0.3, -0.25) is 0 Å². The number of rotatable bonds is 0. The number of hydrogen-bond donors (Lipinski definition) is 0. The molecule has 42 valence electrons. The first kappa shape index (κ1) is 15.9. The zero-order valence-corrected chi connectivity index (χ0v) is 9.45. The Bertz CT molecular complexity index is 13.5. The molecule has 0 fully saturated rings. The van der Waals surface area contributed by atoms with Crippen LogP contribution in [0.5, 0.6) is 0 Å². The van der Waals surface area contributed by atoms with E-state index in [1.807, 2.05) is 0 Å². The summed E-state index contributed by atoms with van der Waals surface area (Å²) in [6.45, 7) is 0. The Balaban J connectivity index is -0.0000000450. The quantitative estimate of drug-likeness (QED) is 0.478. The SMILES string of the molecule is C.C.[I][V]([I])[I]. The van der Waals surface area contributed by atoms with E-state index in [9.17, 15) is 0 Å². The molecule has 0 amide bonds. The average Bonchev–Trinajstić information content (AvgIpc) is 0.811. The van der Waals surface area contributed by atoms with Gasteiger partial charge in [0.1, 0.15) is 0 Å². The first-order valence-electron chi connectivity index (χ1n) is 0.507. The fourth-order valence-electron chi connectivity index (χ4n) is 0. The Morgan fingerprint density at radius 2 is 0.833 bits per heavy atom. The summed E-state index contributed by atoms with van der Waals surface area (Å²) in [5, 5.41) is 0. The van der Waals surface area contributed by atoms with Crippen molar-refractivity contribution in [3.63, 3.8) is 0 Å². The van der Waals surface area contributed by atoms with Crippen molar-refractivity contribution in [3.8, 4) is 0 Å². The Morgan fingerprint density at radius 3 is 0.833 bits per heavy atom. The second-order valence-corrected chi connectivity index (χ2v) is 35.6. The molecule has 0 radical (unpaired) electrons. The molecule has 0 aliphatic rings. The molecule has 0 rings (SSSR count). The third kappa shape index (κ3) is 29.3. The van der Waals surface area contributed by atoms with Crippen LogP contribution < -0.4 is 0 Å². The standard InChI is InChI=1S/2CH4.3HI.V/h2*1H4;3*1H;/q;;;;;+3/p-3. The summed E-state index contributed by atoms with van der Waals surface area (Å²) in [6, 6.07) is 0. The van der Waals surface area contributed by atoms with Crippen LogP contribution in [0.2, 0.25) is 0 Å². The Hall–Kier alpha value is 2.77. The summed E-state index contributed by atoms with van der Waals surface area (Å²) in [6.07, 6.45) is 0. The van der Waals surface area contributed by atoms with Gasteiger partial charge in [0, 0.05) is 0 Å². The first-order valence-corrected chi connectivity index (χ1v) is 14.0. The van der Waals surface area contributed by atoms with Gasteiger partial charge in [0.25, 0.3) is 0 Å². The van der Waals surface area contributed by atoms with Crippen LogP contribution in [0.15, 0.2) is 0 Å². The Morgan fingerprint density at radius 1 is 0.833 bits per heavy atom. The van der Waals surface area contributed by atoms with Crippen molar-refractivity contribution in [2.24, 2.45) is 0 Å². The molecule has 4 heteroatoms. The molecule has 0 bridgehead atoms. The molecule has 0 aliphatic carbocycles. The summed E-state index contributed by atoms with van der Waals surface area (Å²) in [5.74, 6) is 0. The van der Waals surface area contributed by atoms with Crippen LogP contribution >= 0.6 is 59.9 Å². The third-order valence-electron chi connectivity index (χ3n) is 0. The fraction of sp³-hybridized carbons (Fsp3) is 1.00. The third-order valence-corrected chi connectivity index (χ3v) is 0. The molecule has 0 saturated heterocycles. The van der Waals surface area contributed by atoms with E-state index < -0.39 is 0 Å². The minimum atomic E-state index is -0.278. The van der Waals surface area contributed by atoms with Gasteiger partial charge >= 0.3 is 64.9 Å². The van der Waals surface area contributed by atoms with Crippen molar-refractivity contribution in [2.75, 3.05) is 0 Å². The normalized spacial score (nSPS) is 6.00. The molecule has 0 aliphatic heterocycles. The predicted molar refractivity (Wildman–Crippen MR) is 55.5 cm³/mol. The molecule has 0 spiro atoms. The average molecular weight is 464 g/mol. The van der Waals surface area contributed by atoms with E-state index in [4.69, 9.17) is 0 Å². The minimum absolute atomic E-state index is 0. The summed E-state index contributed by atoms with van der Waals surface area (Å²) in [4.78, 5) is -0.278. The van der Waals surface area contributed by atoms with Gasteiger partial charge in [0.05, 0.1) is 0 Å². The molecule has 0 unspecified atom stereocenters. The molecule has 0 aromatic carbocycles. The van der Waals surface area contributed by atoms with Gasteiger partial charge in [-0.25, -0.2) is 0 Å². The zero-order chi connectivity index (χ0) is 3.58. The Labute approximate surface area is 77.9 Å². The van der Waals surface area contributed by atoms with E-state index in [1.165, 1.54) is 0 Å². The van der Waals surface area contributed by atoms with Crippen LogP contribution in [-0.4, -0.2) is 0 Å². The van der Waals surface area contributed by atoms with Crippen molar-refractivity contribution >= 4 is 59.9 Å². The second-order valence-electron chi connectivity index (χ2n) is 0.192. The predicted octanol–water partition coefficient (Wildman–Crippen LogP) is 3.93. The summed E-state index contributed by atoms with van der Waals surface area (Å²) < 4.78 is 0. The van der Waals surface area contributed by atoms with Gasteiger partial charge in [0.15, 0.2) is 0 Å². The molecule has 6 heavy (non-hydrogen) atoms. The molecule has 0 aromatic rings. The number of hydrogen-bond acceptors (Lipinski definition) is 0. The first-order chi connectivity index (χ1) is 1.73. The van der Waals surface area contributed by atoms with Crippen molar-refractivity contribution in [3.05, 3.63) is 0 Å². The summed E-state index contributed by atoms with van der Waals surface area (Å²) >= 11 is 7.39. The van der Waals surface area contributed by atoms with E-state index >= 15 is 0 Å². The number of halogens is 3. The van der Waals surface area contributed by atoms with Gasteiger partial charge in [-0.15, -0.1) is 0 Å². The molecule has 0 heterocycles. The molecule has 0 nitrogen and oxygen atoms in total. The maximum atomic E-state index is 2.46. The summed E-state index contributed by atoms with van der Waals surface area (Å²) in [7, 11) is 0. The Kier molecular flexibility index (Phi) is 28.4. The van der Waals surface area contributed by atoms with E-state index in [-0.39, 0.29) is 19.8 Å². The summed E-state index contributed by atoms with van der Waals surface area (Å²) in [5.41, 5.74) is 0. The monoisotopic (exact) mass is 464 g/mol. The van der Waals surface area contributed by atoms with Crippen molar-refractivity contribution in [1.82, 2.24) is 0 Å². The fourth-order valence-corrected chi connectivity index (χ4v) is 0. The van der Waals surface area contributed by atoms with Crippen LogP contribution in [0.1, 0.15) is 14.9 Å². The van der Waals surface area contributed by atoms with Gasteiger partial charge in [-0.05, 0) is 0 Å². The molecular formula is C2H8I3V. The molecule has 0 saturated carbocycles. The van der Waals surface area contributed by atoms with Crippen LogP contribution in [0.3, 0.4) is 0 Å². The zero-order valence-electron chi connectivity index (χ0n) is 1.58. The van der Waals surface area contributed by atoms with Crippen molar-refractivity contribution < 1.29 is 4.92 Å². The van der Waals surface area contributed by atoms with E-state index in [2.05, 4.69) is 59.9 Å². The van der Waals surface area contributed by atoms with Gasteiger partial charge < -0.3 is 0 Å². The molecular weight excluding hydrogens is 456 g/mol. The van der Waals surface area contributed by atoms with Crippen LogP contribution in [0.25, 0.3) is 0 Å². The van der Waals surface area contributed by atoms with E-state index in [0.717, 1.165) is 0 Å². The van der Waals surface area contributed by atoms with E-state index in [0.29, 0.717) is 0 Å². The van der Waals surface area contributed by atoms with Gasteiger partial charge in [-0.1, -0.05) is 14.9 Å². The molecule has 0 atom stereocenters. The maximum absolute atomic E-state index is 2.46. The van der Waals surface area contributed by atoms with Crippen LogP contribution in [0, 0.1) is 0 Å². The topological polar surface area (TPSA) is 0 Å². The van der Waals surface area contributed by atoms with Crippen LogP contribution in [0.4, 0.5) is 0 Å². The molecule has 0 N–H and O–H groups in total. The second kappa shape index (κ2) is 10.7. The van der Waals surface area contributed by atoms with Crippen molar-refractivity contribution in [1.29, 1.82) is 0 Å². The van der Waals surface area contributed by atoms with Crippen LogP contribution in [-0.2, 0) is 4.92 Å².